The summed E-state index contributed by atoms with van der Waals surface area (Å²) < 4.78 is 32.4. The van der Waals surface area contributed by atoms with Gasteiger partial charge in [-0.2, -0.15) is 0 Å². The van der Waals surface area contributed by atoms with Gasteiger partial charge in [-0.15, -0.1) is 0 Å². The van der Waals surface area contributed by atoms with Gasteiger partial charge in [-0.1, -0.05) is 30.3 Å². The number of sulfonamides is 1. The second kappa shape index (κ2) is 8.28. The van der Waals surface area contributed by atoms with E-state index in [0.29, 0.717) is 25.9 Å². The highest BCUT2D eigenvalue weighted by Gasteiger charge is 2.24. The molecule has 0 spiro atoms. The summed E-state index contributed by atoms with van der Waals surface area (Å²) in [5.41, 5.74) is 0.946. The molecule has 0 aliphatic carbocycles. The maximum absolute atomic E-state index is 12.0. The number of primary sulfonamides is 1. The van der Waals surface area contributed by atoms with Gasteiger partial charge in [0.05, 0.1) is 18.5 Å². The zero-order chi connectivity index (χ0) is 16.7. The molecule has 1 aromatic carbocycles. The number of piperidine rings is 1. The maximum atomic E-state index is 12.0. The second-order valence-electron chi connectivity index (χ2n) is 5.46. The lowest BCUT2D eigenvalue weighted by molar-refractivity contribution is 0.0115. The Morgan fingerprint density at radius 1 is 1.22 bits per heavy atom. The molecular weight excluding hydrogens is 320 g/mol. The van der Waals surface area contributed by atoms with E-state index < -0.39 is 10.0 Å². The minimum absolute atomic E-state index is 0.0464. The minimum atomic E-state index is -3.49. The summed E-state index contributed by atoms with van der Waals surface area (Å²) >= 11 is 0. The predicted octanol–water partition coefficient (Wildman–Crippen LogP) is 1.09. The molecule has 0 aromatic heterocycles. The number of ether oxygens (including phenoxy) is 2. The number of carbonyl (C=O) groups excluding carboxylic acids is 1. The Morgan fingerprint density at radius 2 is 1.87 bits per heavy atom. The number of likely N-dealkylation sites (tertiary alicyclic amines) is 1. The quantitative estimate of drug-likeness (QED) is 0.834. The van der Waals surface area contributed by atoms with E-state index in [9.17, 15) is 13.2 Å². The van der Waals surface area contributed by atoms with Gasteiger partial charge in [0.15, 0.2) is 0 Å². The first-order valence-electron chi connectivity index (χ1n) is 7.52. The molecule has 7 nitrogen and oxygen atoms in total. The topological polar surface area (TPSA) is 98.9 Å². The number of carbonyl (C=O) groups is 1. The van der Waals surface area contributed by atoms with Crippen LogP contribution in [0.1, 0.15) is 18.4 Å². The van der Waals surface area contributed by atoms with E-state index >= 15 is 0 Å². The van der Waals surface area contributed by atoms with Gasteiger partial charge in [0.2, 0.25) is 10.0 Å². The van der Waals surface area contributed by atoms with Crippen molar-refractivity contribution in [2.75, 3.05) is 25.4 Å². The minimum Gasteiger partial charge on any atom is -0.445 e. The molecule has 0 atom stereocenters. The number of nitrogens with two attached hydrogens (primary N) is 1. The third kappa shape index (κ3) is 6.55. The smallest absolute Gasteiger partial charge is 0.410 e. The first-order chi connectivity index (χ1) is 10.9. The highest BCUT2D eigenvalue weighted by molar-refractivity contribution is 7.89. The van der Waals surface area contributed by atoms with Gasteiger partial charge in [-0.3, -0.25) is 0 Å². The molecule has 128 valence electrons. The summed E-state index contributed by atoms with van der Waals surface area (Å²) in [6.07, 6.45) is 0.933. The van der Waals surface area contributed by atoms with Crippen LogP contribution in [0.15, 0.2) is 30.3 Å². The van der Waals surface area contributed by atoms with Crippen LogP contribution in [0.2, 0.25) is 0 Å². The zero-order valence-electron chi connectivity index (χ0n) is 12.9. The van der Waals surface area contributed by atoms with Crippen molar-refractivity contribution in [3.63, 3.8) is 0 Å². The molecule has 0 radical (unpaired) electrons. The summed E-state index contributed by atoms with van der Waals surface area (Å²) in [6, 6.07) is 9.50. The van der Waals surface area contributed by atoms with Crippen LogP contribution in [-0.4, -0.2) is 51.0 Å². The molecule has 2 N–H and O–H groups in total. The molecular formula is C15H22N2O5S. The van der Waals surface area contributed by atoms with Gasteiger partial charge in [-0.25, -0.2) is 18.4 Å². The predicted molar refractivity (Wildman–Crippen MR) is 85.1 cm³/mol. The molecule has 1 heterocycles. The van der Waals surface area contributed by atoms with Crippen molar-refractivity contribution in [1.82, 2.24) is 4.90 Å². The van der Waals surface area contributed by atoms with Crippen molar-refractivity contribution < 1.29 is 22.7 Å². The molecule has 1 aromatic rings. The highest BCUT2D eigenvalue weighted by atomic mass is 32.2. The van der Waals surface area contributed by atoms with Crippen LogP contribution in [0.25, 0.3) is 0 Å². The van der Waals surface area contributed by atoms with Gasteiger partial charge in [0, 0.05) is 13.1 Å². The van der Waals surface area contributed by atoms with Gasteiger partial charge in [0.1, 0.15) is 6.61 Å². The summed E-state index contributed by atoms with van der Waals surface area (Å²) in [5, 5.41) is 4.92. The largest absolute Gasteiger partial charge is 0.445 e. The van der Waals surface area contributed by atoms with Crippen LogP contribution < -0.4 is 5.14 Å². The van der Waals surface area contributed by atoms with E-state index in [-0.39, 0.29) is 31.2 Å². The van der Waals surface area contributed by atoms with E-state index in [4.69, 9.17) is 14.6 Å². The van der Waals surface area contributed by atoms with Crippen LogP contribution >= 0.6 is 0 Å². The Kier molecular flexibility index (Phi) is 6.37. The van der Waals surface area contributed by atoms with Crippen LogP contribution in [0, 0.1) is 0 Å². The van der Waals surface area contributed by atoms with Crippen molar-refractivity contribution >= 4 is 16.1 Å². The average Bonchev–Trinajstić information content (AvgIpc) is 2.53. The molecule has 8 heteroatoms. The molecule has 0 unspecified atom stereocenters. The van der Waals surface area contributed by atoms with Crippen molar-refractivity contribution in [3.05, 3.63) is 35.9 Å². The van der Waals surface area contributed by atoms with E-state index in [1.807, 2.05) is 30.3 Å². The fourth-order valence-electron chi connectivity index (χ4n) is 2.35. The summed E-state index contributed by atoms with van der Waals surface area (Å²) in [4.78, 5) is 13.6. The van der Waals surface area contributed by atoms with Crippen LogP contribution in [0.5, 0.6) is 0 Å². The Bertz CT molecular complexity index is 598. The van der Waals surface area contributed by atoms with Gasteiger partial charge in [0.25, 0.3) is 0 Å². The molecule has 1 fully saturated rings. The molecule has 1 aliphatic rings. The number of amides is 1. The second-order valence-corrected chi connectivity index (χ2v) is 7.20. The monoisotopic (exact) mass is 342 g/mol. The van der Waals surface area contributed by atoms with E-state index in [1.165, 1.54) is 0 Å². The fraction of sp³-hybridized carbons (Fsp3) is 0.533. The molecule has 23 heavy (non-hydrogen) atoms. The maximum Gasteiger partial charge on any atom is 0.410 e. The Hall–Kier alpha value is -1.64. The van der Waals surface area contributed by atoms with E-state index in [0.717, 1.165) is 5.56 Å². The lowest BCUT2D eigenvalue weighted by Gasteiger charge is -2.31. The molecule has 0 saturated carbocycles. The van der Waals surface area contributed by atoms with Crippen LogP contribution in [-0.2, 0) is 26.1 Å². The van der Waals surface area contributed by atoms with Crippen LogP contribution in [0.4, 0.5) is 4.79 Å². The average molecular weight is 342 g/mol. The fourth-order valence-corrected chi connectivity index (χ4v) is 2.68. The number of rotatable bonds is 6. The molecule has 1 saturated heterocycles. The van der Waals surface area contributed by atoms with Crippen molar-refractivity contribution in [2.24, 2.45) is 5.14 Å². The van der Waals surface area contributed by atoms with Crippen molar-refractivity contribution in [3.8, 4) is 0 Å². The standard InChI is InChI=1S/C15H22N2O5S/c16-23(19,20)11-10-21-14-6-8-17(9-7-14)15(18)22-12-13-4-2-1-3-5-13/h1-5,14H,6-12H2,(H2,16,19,20). The zero-order valence-corrected chi connectivity index (χ0v) is 13.7. The van der Waals surface area contributed by atoms with Crippen molar-refractivity contribution in [1.29, 1.82) is 0 Å². The first kappa shape index (κ1) is 17.7. The van der Waals surface area contributed by atoms with Gasteiger partial charge >= 0.3 is 6.09 Å². The Morgan fingerprint density at radius 3 is 2.48 bits per heavy atom. The van der Waals surface area contributed by atoms with E-state index in [1.54, 1.807) is 4.90 Å². The SMILES string of the molecule is NS(=O)(=O)CCOC1CCN(C(=O)OCc2ccccc2)CC1. The highest BCUT2D eigenvalue weighted by Crippen LogP contribution is 2.15. The normalized spacial score (nSPS) is 16.3. The van der Waals surface area contributed by atoms with Crippen LogP contribution in [0.3, 0.4) is 0 Å². The lowest BCUT2D eigenvalue weighted by Crippen LogP contribution is -2.41. The molecule has 1 aliphatic heterocycles. The van der Waals surface area contributed by atoms with Gasteiger partial charge in [-0.05, 0) is 18.4 Å². The summed E-state index contributed by atoms with van der Waals surface area (Å²) in [5.74, 6) is -0.188. The molecule has 0 bridgehead atoms. The first-order valence-corrected chi connectivity index (χ1v) is 9.23. The Labute approximate surface area is 136 Å². The third-order valence-corrected chi connectivity index (χ3v) is 4.36. The number of hydrogen-bond donors (Lipinski definition) is 1. The Balaban J connectivity index is 1.66. The molecule has 1 amide bonds. The van der Waals surface area contributed by atoms with Crippen molar-refractivity contribution in [2.45, 2.75) is 25.6 Å². The third-order valence-electron chi connectivity index (χ3n) is 3.63. The van der Waals surface area contributed by atoms with E-state index in [2.05, 4.69) is 0 Å². The number of hydrogen-bond acceptors (Lipinski definition) is 5. The lowest BCUT2D eigenvalue weighted by atomic mass is 10.1. The number of benzene rings is 1. The molecule has 2 rings (SSSR count). The number of nitrogens with zero attached hydrogens (tertiary/aromatic N) is 1. The summed E-state index contributed by atoms with van der Waals surface area (Å²) in [6.45, 7) is 1.41. The summed E-state index contributed by atoms with van der Waals surface area (Å²) in [7, 11) is -3.49. The van der Waals surface area contributed by atoms with Gasteiger partial charge < -0.3 is 14.4 Å².